The van der Waals surface area contributed by atoms with Crippen molar-refractivity contribution in [1.82, 2.24) is 15.6 Å². The molecule has 1 aliphatic rings. The minimum atomic E-state index is -0.107. The highest BCUT2D eigenvalue weighted by Gasteiger charge is 2.26. The lowest BCUT2D eigenvalue weighted by atomic mass is 9.89. The van der Waals surface area contributed by atoms with E-state index in [4.69, 9.17) is 4.74 Å². The number of methoxy groups -OCH3 is 1. The molecule has 1 aliphatic heterocycles. The smallest absolute Gasteiger partial charge is 0.315 e. The molecule has 0 unspecified atom stereocenters. The maximum atomic E-state index is 12.1. The Morgan fingerprint density at radius 3 is 2.70 bits per heavy atom. The van der Waals surface area contributed by atoms with Crippen LogP contribution >= 0.6 is 11.3 Å². The number of thiazole rings is 1. The average molecular weight is 340 g/mol. The molecule has 6 nitrogen and oxygen atoms in total. The summed E-state index contributed by atoms with van der Waals surface area (Å²) in [6, 6.07) is 0.117. The van der Waals surface area contributed by atoms with Gasteiger partial charge >= 0.3 is 6.03 Å². The van der Waals surface area contributed by atoms with Crippen LogP contribution in [0.5, 0.6) is 0 Å². The van der Waals surface area contributed by atoms with Gasteiger partial charge in [-0.1, -0.05) is 20.8 Å². The van der Waals surface area contributed by atoms with Crippen LogP contribution in [0.1, 0.15) is 33.6 Å². The number of nitrogens with zero attached hydrogens (tertiary/aromatic N) is 2. The number of carbonyl (C=O) groups excluding carboxylic acids is 1. The number of hydrogen-bond acceptors (Lipinski definition) is 5. The summed E-state index contributed by atoms with van der Waals surface area (Å²) in [5, 5.41) is 9.06. The van der Waals surface area contributed by atoms with E-state index in [9.17, 15) is 4.79 Å². The number of nitrogens with one attached hydrogen (secondary N) is 2. The molecule has 7 heteroatoms. The van der Waals surface area contributed by atoms with Gasteiger partial charge in [0.05, 0.1) is 6.10 Å². The fraction of sp³-hybridized carbons (Fsp3) is 0.750. The number of hydrogen-bond donors (Lipinski definition) is 2. The van der Waals surface area contributed by atoms with Crippen LogP contribution in [0.4, 0.5) is 9.93 Å². The topological polar surface area (TPSA) is 66.5 Å². The lowest BCUT2D eigenvalue weighted by Crippen LogP contribution is -2.50. The molecule has 1 atom stereocenters. The number of urea groups is 1. The van der Waals surface area contributed by atoms with Crippen LogP contribution in [-0.4, -0.2) is 49.9 Å². The van der Waals surface area contributed by atoms with E-state index < -0.39 is 0 Å². The first-order valence-electron chi connectivity index (χ1n) is 8.11. The van der Waals surface area contributed by atoms with Crippen LogP contribution in [0.3, 0.4) is 0 Å². The highest BCUT2D eigenvalue weighted by molar-refractivity contribution is 7.13. The molecule has 2 amide bonds. The maximum Gasteiger partial charge on any atom is 0.315 e. The summed E-state index contributed by atoms with van der Waals surface area (Å²) in [7, 11) is 1.68. The molecule has 130 valence electrons. The van der Waals surface area contributed by atoms with Crippen LogP contribution in [0, 0.1) is 5.41 Å². The highest BCUT2D eigenvalue weighted by atomic mass is 32.1. The van der Waals surface area contributed by atoms with Gasteiger partial charge in [0.15, 0.2) is 5.13 Å². The van der Waals surface area contributed by atoms with Gasteiger partial charge in [-0.3, -0.25) is 0 Å². The van der Waals surface area contributed by atoms with E-state index in [-0.39, 0.29) is 23.6 Å². The summed E-state index contributed by atoms with van der Waals surface area (Å²) in [6.45, 7) is 8.70. The summed E-state index contributed by atoms with van der Waals surface area (Å²) < 4.78 is 5.46. The Morgan fingerprint density at radius 2 is 2.17 bits per heavy atom. The minimum absolute atomic E-state index is 0.000000305. The van der Waals surface area contributed by atoms with Crippen molar-refractivity contribution in [3.63, 3.8) is 0 Å². The minimum Gasteiger partial charge on any atom is -0.379 e. The van der Waals surface area contributed by atoms with Gasteiger partial charge in [-0.05, 0) is 18.3 Å². The number of amides is 2. The Balaban J connectivity index is 1.70. The average Bonchev–Trinajstić information content (AvgIpc) is 3.01. The van der Waals surface area contributed by atoms with Crippen molar-refractivity contribution in [3.8, 4) is 0 Å². The molecule has 1 saturated heterocycles. The Hall–Kier alpha value is -1.34. The first-order chi connectivity index (χ1) is 10.9. The molecule has 1 aromatic heterocycles. The molecule has 0 saturated carbocycles. The molecule has 0 aromatic carbocycles. The van der Waals surface area contributed by atoms with E-state index in [1.807, 2.05) is 11.6 Å². The molecular formula is C16H28N4O2S. The second-order valence-electron chi connectivity index (χ2n) is 7.02. The summed E-state index contributed by atoms with van der Waals surface area (Å²) in [6.07, 6.45) is 3.72. The molecule has 2 N–H and O–H groups in total. The van der Waals surface area contributed by atoms with Crippen LogP contribution in [0.15, 0.2) is 11.6 Å². The lowest BCUT2D eigenvalue weighted by Gasteiger charge is -2.33. The molecule has 23 heavy (non-hydrogen) atoms. The van der Waals surface area contributed by atoms with E-state index >= 15 is 0 Å². The summed E-state index contributed by atoms with van der Waals surface area (Å²) in [5.74, 6) is 0. The van der Waals surface area contributed by atoms with E-state index in [0.29, 0.717) is 6.54 Å². The van der Waals surface area contributed by atoms with Crippen molar-refractivity contribution < 1.29 is 9.53 Å². The fourth-order valence-electron chi connectivity index (χ4n) is 2.75. The summed E-state index contributed by atoms with van der Waals surface area (Å²) >= 11 is 1.66. The molecule has 0 bridgehead atoms. The maximum absolute atomic E-state index is 12.1. The van der Waals surface area contributed by atoms with Crippen molar-refractivity contribution in [3.05, 3.63) is 11.6 Å². The Labute approximate surface area is 142 Å². The van der Waals surface area contributed by atoms with Gasteiger partial charge in [-0.15, -0.1) is 11.3 Å². The van der Waals surface area contributed by atoms with E-state index in [2.05, 4.69) is 41.3 Å². The largest absolute Gasteiger partial charge is 0.379 e. The van der Waals surface area contributed by atoms with E-state index in [1.54, 1.807) is 18.4 Å². The van der Waals surface area contributed by atoms with Gasteiger partial charge < -0.3 is 20.3 Å². The van der Waals surface area contributed by atoms with Gasteiger partial charge in [0, 0.05) is 44.4 Å². The van der Waals surface area contributed by atoms with E-state index in [1.165, 1.54) is 0 Å². The molecule has 0 radical (unpaired) electrons. The number of anilines is 1. The van der Waals surface area contributed by atoms with Gasteiger partial charge in [0.25, 0.3) is 0 Å². The SMILES string of the molecule is CO[C@H](CNC(=O)NC1CCN(c2nccs2)CC1)C(C)(C)C. The quantitative estimate of drug-likeness (QED) is 0.864. The Kier molecular flexibility index (Phi) is 6.24. The number of ether oxygens (including phenoxy) is 1. The predicted molar refractivity (Wildman–Crippen MR) is 94.1 cm³/mol. The van der Waals surface area contributed by atoms with Crippen LogP contribution < -0.4 is 15.5 Å². The summed E-state index contributed by atoms with van der Waals surface area (Å²) in [5.41, 5.74) is 0.00107. The second kappa shape index (κ2) is 7.97. The van der Waals surface area contributed by atoms with Crippen molar-refractivity contribution in [2.75, 3.05) is 31.6 Å². The van der Waals surface area contributed by atoms with Crippen molar-refractivity contribution in [2.24, 2.45) is 5.41 Å². The van der Waals surface area contributed by atoms with Gasteiger partial charge in [-0.2, -0.15) is 0 Å². The van der Waals surface area contributed by atoms with Gasteiger partial charge in [0.2, 0.25) is 0 Å². The van der Waals surface area contributed by atoms with Crippen molar-refractivity contribution in [2.45, 2.75) is 45.8 Å². The Morgan fingerprint density at radius 1 is 1.48 bits per heavy atom. The molecular weight excluding hydrogens is 312 g/mol. The van der Waals surface area contributed by atoms with Gasteiger partial charge in [-0.25, -0.2) is 9.78 Å². The third kappa shape index (κ3) is 5.35. The third-order valence-electron chi connectivity index (χ3n) is 4.22. The zero-order chi connectivity index (χ0) is 16.9. The fourth-order valence-corrected chi connectivity index (χ4v) is 3.45. The molecule has 2 rings (SSSR count). The van der Waals surface area contributed by atoms with Crippen LogP contribution in [0.25, 0.3) is 0 Å². The first-order valence-corrected chi connectivity index (χ1v) is 8.99. The summed E-state index contributed by atoms with van der Waals surface area (Å²) in [4.78, 5) is 18.7. The number of rotatable bonds is 5. The second-order valence-corrected chi connectivity index (χ2v) is 7.89. The normalized spacial score (nSPS) is 17.8. The molecule has 2 heterocycles. The predicted octanol–water partition coefficient (Wildman–Crippen LogP) is 2.47. The number of carbonyl (C=O) groups is 1. The van der Waals surface area contributed by atoms with Gasteiger partial charge in [0.1, 0.15) is 0 Å². The van der Waals surface area contributed by atoms with E-state index in [0.717, 1.165) is 31.1 Å². The zero-order valence-electron chi connectivity index (χ0n) is 14.5. The standard InChI is InChI=1S/C16H28N4O2S/c1-16(2,3)13(22-4)11-18-14(21)19-12-5-8-20(9-6-12)15-17-7-10-23-15/h7,10,12-13H,5-6,8-9,11H2,1-4H3,(H2,18,19,21)/t13-/m1/s1. The number of aromatic nitrogens is 1. The van der Waals surface area contributed by atoms with Crippen LogP contribution in [-0.2, 0) is 4.74 Å². The molecule has 0 spiro atoms. The molecule has 1 aromatic rings. The zero-order valence-corrected chi connectivity index (χ0v) is 15.3. The first kappa shape index (κ1) is 18.0. The van der Waals surface area contributed by atoms with Crippen LogP contribution in [0.2, 0.25) is 0 Å². The third-order valence-corrected chi connectivity index (χ3v) is 5.05. The molecule has 1 fully saturated rings. The molecule has 0 aliphatic carbocycles. The monoisotopic (exact) mass is 340 g/mol. The lowest BCUT2D eigenvalue weighted by molar-refractivity contribution is 0.0193. The van der Waals surface area contributed by atoms with Crippen molar-refractivity contribution in [1.29, 1.82) is 0 Å². The Bertz CT molecular complexity index is 479. The highest BCUT2D eigenvalue weighted by Crippen LogP contribution is 2.22. The number of piperidine rings is 1. The van der Waals surface area contributed by atoms with Crippen molar-refractivity contribution >= 4 is 22.5 Å².